The van der Waals surface area contributed by atoms with Gasteiger partial charge in [-0.25, -0.2) is 0 Å². The van der Waals surface area contributed by atoms with Gasteiger partial charge < -0.3 is 23.8 Å². The molecule has 1 atom stereocenters. The van der Waals surface area contributed by atoms with Crippen LogP contribution in [0.5, 0.6) is 17.2 Å². The van der Waals surface area contributed by atoms with Gasteiger partial charge >= 0.3 is 0 Å². The average Bonchev–Trinajstić information content (AvgIpc) is 3.01. The lowest BCUT2D eigenvalue weighted by Gasteiger charge is -2.33. The third kappa shape index (κ3) is 3.88. The minimum Gasteiger partial charge on any atom is -0.465 e. The predicted octanol–water partition coefficient (Wildman–Crippen LogP) is 1.92. The first kappa shape index (κ1) is 16.4. The molecule has 0 amide bonds. The van der Waals surface area contributed by atoms with Gasteiger partial charge in [0, 0.05) is 39.3 Å². The number of likely N-dealkylation sites (N-methyl/N-ethyl adjacent to an activating group) is 1. The summed E-state index contributed by atoms with van der Waals surface area (Å²) in [5, 5.41) is 0. The van der Waals surface area contributed by atoms with E-state index in [1.165, 1.54) is 0 Å². The molecule has 0 aromatic heterocycles. The molecule has 2 aliphatic rings. The Labute approximate surface area is 137 Å². The number of piperazine rings is 1. The Morgan fingerprint density at radius 1 is 1.17 bits per heavy atom. The van der Waals surface area contributed by atoms with Gasteiger partial charge in [0.1, 0.15) is 5.75 Å². The first-order valence-electron chi connectivity index (χ1n) is 8.28. The highest BCUT2D eigenvalue weighted by Gasteiger charge is 2.25. The number of fused-ring (bicyclic) bond motifs is 1. The van der Waals surface area contributed by atoms with Crippen molar-refractivity contribution in [3.05, 3.63) is 17.7 Å². The van der Waals surface area contributed by atoms with Crippen molar-refractivity contribution in [3.63, 3.8) is 0 Å². The van der Waals surface area contributed by atoms with Crippen LogP contribution >= 0.6 is 0 Å². The quantitative estimate of drug-likeness (QED) is 0.746. The number of ether oxygens (including phenoxy) is 4. The van der Waals surface area contributed by atoms with E-state index in [2.05, 4.69) is 16.8 Å². The molecular formula is C17H26N2O4. The molecule has 6 nitrogen and oxygen atoms in total. The van der Waals surface area contributed by atoms with Gasteiger partial charge in [0.05, 0.1) is 5.56 Å². The molecule has 2 heterocycles. The highest BCUT2D eigenvalue weighted by molar-refractivity contribution is 5.55. The van der Waals surface area contributed by atoms with Crippen LogP contribution in [0, 0.1) is 0 Å². The maximum absolute atomic E-state index is 5.98. The molecule has 1 saturated heterocycles. The summed E-state index contributed by atoms with van der Waals surface area (Å²) in [7, 11) is 2.16. The van der Waals surface area contributed by atoms with Crippen LogP contribution in [-0.4, -0.2) is 62.7 Å². The largest absolute Gasteiger partial charge is 0.465 e. The fourth-order valence-electron chi connectivity index (χ4n) is 2.95. The molecule has 6 heteroatoms. The SMILES string of the molecule is CCOC(C)Oc1ccc2c(c1CN1CCN(C)CC1)OCO2. The van der Waals surface area contributed by atoms with Crippen molar-refractivity contribution >= 4 is 0 Å². The van der Waals surface area contributed by atoms with Crippen LogP contribution in [0.4, 0.5) is 0 Å². The van der Waals surface area contributed by atoms with Crippen molar-refractivity contribution in [2.24, 2.45) is 0 Å². The van der Waals surface area contributed by atoms with E-state index in [-0.39, 0.29) is 13.1 Å². The van der Waals surface area contributed by atoms with Gasteiger partial charge in [-0.15, -0.1) is 0 Å². The van der Waals surface area contributed by atoms with Gasteiger partial charge in [-0.05, 0) is 33.0 Å². The van der Waals surface area contributed by atoms with Crippen LogP contribution in [0.3, 0.4) is 0 Å². The van der Waals surface area contributed by atoms with Gasteiger partial charge in [0.2, 0.25) is 6.79 Å². The fraction of sp³-hybridized carbons (Fsp3) is 0.647. The molecule has 1 aromatic rings. The standard InChI is InChI=1S/C17H26N2O4/c1-4-20-13(2)23-15-5-6-16-17(22-12-21-16)14(15)11-19-9-7-18(3)8-10-19/h5-6,13H,4,7-12H2,1-3H3. The number of benzene rings is 1. The van der Waals surface area contributed by atoms with Gasteiger partial charge in [0.25, 0.3) is 0 Å². The van der Waals surface area contributed by atoms with Gasteiger partial charge in [-0.2, -0.15) is 0 Å². The molecule has 1 aromatic carbocycles. The zero-order valence-electron chi connectivity index (χ0n) is 14.2. The van der Waals surface area contributed by atoms with Crippen molar-refractivity contribution in [2.45, 2.75) is 26.7 Å². The molecule has 2 aliphatic heterocycles. The highest BCUT2D eigenvalue weighted by Crippen LogP contribution is 2.41. The molecule has 1 fully saturated rings. The van der Waals surface area contributed by atoms with Crippen LogP contribution in [0.1, 0.15) is 19.4 Å². The van der Waals surface area contributed by atoms with E-state index in [0.717, 1.165) is 55.5 Å². The van der Waals surface area contributed by atoms with Crippen LogP contribution in [0.15, 0.2) is 12.1 Å². The molecule has 1 unspecified atom stereocenters. The molecule has 23 heavy (non-hydrogen) atoms. The van der Waals surface area contributed by atoms with Crippen LogP contribution in [0.2, 0.25) is 0 Å². The third-order valence-electron chi connectivity index (χ3n) is 4.27. The smallest absolute Gasteiger partial charge is 0.231 e. The zero-order chi connectivity index (χ0) is 16.2. The molecule has 0 saturated carbocycles. The van der Waals surface area contributed by atoms with Crippen LogP contribution < -0.4 is 14.2 Å². The van der Waals surface area contributed by atoms with Gasteiger partial charge in [-0.3, -0.25) is 4.90 Å². The Hall–Kier alpha value is -1.50. The first-order valence-corrected chi connectivity index (χ1v) is 8.28. The molecule has 0 bridgehead atoms. The maximum atomic E-state index is 5.98. The van der Waals surface area contributed by atoms with Gasteiger partial charge in [-0.1, -0.05) is 0 Å². The molecule has 0 spiro atoms. The Kier molecular flexibility index (Phi) is 5.25. The molecule has 3 rings (SSSR count). The zero-order valence-corrected chi connectivity index (χ0v) is 14.2. The van der Waals surface area contributed by atoms with Crippen LogP contribution in [-0.2, 0) is 11.3 Å². The summed E-state index contributed by atoms with van der Waals surface area (Å²) < 4.78 is 22.7. The second-order valence-corrected chi connectivity index (χ2v) is 6.00. The van der Waals surface area contributed by atoms with Crippen molar-refractivity contribution in [1.82, 2.24) is 9.80 Å². The minimum atomic E-state index is -0.286. The fourth-order valence-corrected chi connectivity index (χ4v) is 2.95. The van der Waals surface area contributed by atoms with E-state index in [9.17, 15) is 0 Å². The summed E-state index contributed by atoms with van der Waals surface area (Å²) in [6.07, 6.45) is -0.286. The predicted molar refractivity (Wildman–Crippen MR) is 87.1 cm³/mol. The van der Waals surface area contributed by atoms with Gasteiger partial charge in [0.15, 0.2) is 17.8 Å². The number of hydrogen-bond donors (Lipinski definition) is 0. The van der Waals surface area contributed by atoms with Crippen molar-refractivity contribution in [3.8, 4) is 17.2 Å². The second-order valence-electron chi connectivity index (χ2n) is 6.00. The lowest BCUT2D eigenvalue weighted by molar-refractivity contribution is -0.0621. The molecule has 0 N–H and O–H groups in total. The Bertz CT molecular complexity index is 530. The highest BCUT2D eigenvalue weighted by atomic mass is 16.7. The second kappa shape index (κ2) is 7.38. The molecular weight excluding hydrogens is 296 g/mol. The Morgan fingerprint density at radius 2 is 1.96 bits per heavy atom. The minimum absolute atomic E-state index is 0.273. The summed E-state index contributed by atoms with van der Waals surface area (Å²) in [6, 6.07) is 3.86. The van der Waals surface area contributed by atoms with Crippen molar-refractivity contribution in [1.29, 1.82) is 0 Å². The summed E-state index contributed by atoms with van der Waals surface area (Å²) in [5.41, 5.74) is 1.05. The Morgan fingerprint density at radius 3 is 2.70 bits per heavy atom. The first-order chi connectivity index (χ1) is 11.2. The van der Waals surface area contributed by atoms with Crippen molar-refractivity contribution in [2.75, 3.05) is 46.6 Å². The number of rotatable bonds is 6. The van der Waals surface area contributed by atoms with E-state index in [4.69, 9.17) is 18.9 Å². The average molecular weight is 322 g/mol. The molecule has 128 valence electrons. The lowest BCUT2D eigenvalue weighted by Crippen LogP contribution is -2.44. The lowest BCUT2D eigenvalue weighted by atomic mass is 10.1. The maximum Gasteiger partial charge on any atom is 0.231 e. The van der Waals surface area contributed by atoms with E-state index in [1.54, 1.807) is 0 Å². The summed E-state index contributed by atoms with van der Waals surface area (Å²) in [6.45, 7) is 9.82. The summed E-state index contributed by atoms with van der Waals surface area (Å²) in [5.74, 6) is 2.42. The molecule has 0 radical (unpaired) electrons. The van der Waals surface area contributed by atoms with Crippen molar-refractivity contribution < 1.29 is 18.9 Å². The Balaban J connectivity index is 1.79. The van der Waals surface area contributed by atoms with E-state index in [1.807, 2.05) is 26.0 Å². The summed E-state index contributed by atoms with van der Waals surface area (Å²) >= 11 is 0. The van der Waals surface area contributed by atoms with Crippen LogP contribution in [0.25, 0.3) is 0 Å². The molecule has 0 aliphatic carbocycles. The normalized spacial score (nSPS) is 19.8. The topological polar surface area (TPSA) is 43.4 Å². The van der Waals surface area contributed by atoms with E-state index in [0.29, 0.717) is 6.61 Å². The van der Waals surface area contributed by atoms with E-state index < -0.39 is 0 Å². The number of nitrogens with zero attached hydrogens (tertiary/aromatic N) is 2. The monoisotopic (exact) mass is 322 g/mol. The van der Waals surface area contributed by atoms with E-state index >= 15 is 0 Å². The summed E-state index contributed by atoms with van der Waals surface area (Å²) in [4.78, 5) is 4.77. The third-order valence-corrected chi connectivity index (χ3v) is 4.27. The number of hydrogen-bond acceptors (Lipinski definition) is 6.